The number of hydrogen-bond acceptors (Lipinski definition) is 2. The molecule has 6 aromatic rings. The molecule has 39 heavy (non-hydrogen) atoms. The van der Waals surface area contributed by atoms with E-state index in [9.17, 15) is 4.79 Å². The highest BCUT2D eigenvalue weighted by molar-refractivity contribution is 6.30. The Morgan fingerprint density at radius 2 is 1.33 bits per heavy atom. The first-order valence-corrected chi connectivity index (χ1v) is 13.0. The summed E-state index contributed by atoms with van der Waals surface area (Å²) in [7, 11) is 0. The summed E-state index contributed by atoms with van der Waals surface area (Å²) < 4.78 is 2.20. The lowest BCUT2D eigenvalue weighted by Crippen LogP contribution is -2.17. The van der Waals surface area contributed by atoms with Crippen molar-refractivity contribution in [2.45, 2.75) is 0 Å². The molecule has 0 unspecified atom stereocenters. The van der Waals surface area contributed by atoms with Crippen LogP contribution in [0.5, 0.6) is 0 Å². The molecule has 0 atom stereocenters. The number of halogens is 1. The maximum Gasteiger partial charge on any atom is 0.271 e. The molecular formula is C34H24ClN3O. The summed E-state index contributed by atoms with van der Waals surface area (Å²) >= 11 is 6.23. The second kappa shape index (κ2) is 10.8. The van der Waals surface area contributed by atoms with Crippen LogP contribution in [0.1, 0.15) is 15.9 Å². The van der Waals surface area contributed by atoms with Crippen molar-refractivity contribution < 1.29 is 4.79 Å². The highest BCUT2D eigenvalue weighted by Gasteiger charge is 2.19. The first-order valence-electron chi connectivity index (χ1n) is 12.6. The molecule has 0 saturated heterocycles. The van der Waals surface area contributed by atoms with Crippen LogP contribution in [0, 0.1) is 0 Å². The summed E-state index contributed by atoms with van der Waals surface area (Å²) in [5.41, 5.74) is 9.15. The van der Waals surface area contributed by atoms with E-state index < -0.39 is 0 Å². The maximum absolute atomic E-state index is 12.9. The predicted molar refractivity (Wildman–Crippen MR) is 161 cm³/mol. The van der Waals surface area contributed by atoms with Crippen molar-refractivity contribution in [3.05, 3.63) is 150 Å². The predicted octanol–water partition coefficient (Wildman–Crippen LogP) is 8.38. The quantitative estimate of drug-likeness (QED) is 0.172. The Kier molecular flexibility index (Phi) is 6.77. The smallest absolute Gasteiger partial charge is 0.271 e. The highest BCUT2D eigenvalue weighted by Crippen LogP contribution is 2.35. The third kappa shape index (κ3) is 5.11. The average molecular weight is 526 g/mol. The first-order chi connectivity index (χ1) is 19.2. The number of rotatable bonds is 6. The largest absolute Gasteiger partial charge is 0.309 e. The Hall–Kier alpha value is -4.93. The second-order valence-corrected chi connectivity index (χ2v) is 9.57. The molecule has 0 bridgehead atoms. The summed E-state index contributed by atoms with van der Waals surface area (Å²) in [6.07, 6.45) is 1.71. The van der Waals surface area contributed by atoms with Gasteiger partial charge in [-0.2, -0.15) is 5.10 Å². The number of aromatic nitrogens is 1. The van der Waals surface area contributed by atoms with Crippen LogP contribution in [0.25, 0.3) is 39.0 Å². The van der Waals surface area contributed by atoms with Gasteiger partial charge in [-0.05, 0) is 64.4 Å². The summed E-state index contributed by atoms with van der Waals surface area (Å²) in [5.74, 6) is -0.265. The normalized spacial score (nSPS) is 11.2. The fraction of sp³-hybridized carbons (Fsp3) is 0. The third-order valence-electron chi connectivity index (χ3n) is 6.61. The van der Waals surface area contributed by atoms with Gasteiger partial charge in [0.25, 0.3) is 5.91 Å². The van der Waals surface area contributed by atoms with Gasteiger partial charge in [0.2, 0.25) is 0 Å². The van der Waals surface area contributed by atoms with E-state index in [2.05, 4.69) is 45.4 Å². The minimum Gasteiger partial charge on any atom is -0.309 e. The molecule has 0 aliphatic carbocycles. The van der Waals surface area contributed by atoms with Crippen molar-refractivity contribution in [3.63, 3.8) is 0 Å². The Morgan fingerprint density at radius 1 is 0.692 bits per heavy atom. The molecule has 0 aliphatic heterocycles. The molecule has 0 spiro atoms. The molecule has 0 radical (unpaired) electrons. The van der Waals surface area contributed by atoms with Crippen LogP contribution < -0.4 is 5.43 Å². The Labute approximate surface area is 231 Å². The van der Waals surface area contributed by atoms with Crippen molar-refractivity contribution in [2.75, 3.05) is 0 Å². The standard InChI is InChI=1S/C34H24ClN3O/c35-30-17-19-31(20-18-30)38-32(25-10-3-1-4-11-25)22-29(33(38)26-12-5-2-6-13-26)23-36-37-34(39)28-16-15-24-9-7-8-14-27(24)21-28/h1-23H,(H,37,39)/b36-23-. The molecule has 4 nitrogen and oxygen atoms in total. The van der Waals surface area contributed by atoms with E-state index in [0.717, 1.165) is 44.5 Å². The van der Waals surface area contributed by atoms with E-state index in [0.29, 0.717) is 10.6 Å². The van der Waals surface area contributed by atoms with E-state index in [-0.39, 0.29) is 5.91 Å². The van der Waals surface area contributed by atoms with Crippen LogP contribution in [-0.2, 0) is 0 Å². The average Bonchev–Trinajstić information content (AvgIpc) is 3.37. The molecule has 188 valence electrons. The second-order valence-electron chi connectivity index (χ2n) is 9.14. The van der Waals surface area contributed by atoms with E-state index in [1.54, 1.807) is 6.21 Å². The zero-order valence-corrected chi connectivity index (χ0v) is 21.7. The molecule has 5 heteroatoms. The van der Waals surface area contributed by atoms with Crippen molar-refractivity contribution in [3.8, 4) is 28.2 Å². The molecule has 0 saturated carbocycles. The SMILES string of the molecule is O=C(N/N=C\c1cc(-c2ccccc2)n(-c2ccc(Cl)cc2)c1-c1ccccc1)c1ccc2ccccc2c1. The summed E-state index contributed by atoms with van der Waals surface area (Å²) in [6, 6.07) is 43.8. The molecule has 6 rings (SSSR count). The van der Waals surface area contributed by atoms with Crippen LogP contribution in [-0.4, -0.2) is 16.7 Å². The number of amides is 1. The molecular weight excluding hydrogens is 502 g/mol. The topological polar surface area (TPSA) is 46.4 Å². The van der Waals surface area contributed by atoms with Gasteiger partial charge in [0.1, 0.15) is 0 Å². The molecule has 1 aromatic heterocycles. The van der Waals surface area contributed by atoms with Crippen molar-refractivity contribution >= 4 is 34.5 Å². The number of nitrogens with zero attached hydrogens (tertiary/aromatic N) is 2. The number of benzene rings is 5. The maximum atomic E-state index is 12.9. The lowest BCUT2D eigenvalue weighted by molar-refractivity contribution is 0.0955. The fourth-order valence-electron chi connectivity index (χ4n) is 4.76. The van der Waals surface area contributed by atoms with E-state index in [4.69, 9.17) is 11.6 Å². The van der Waals surface area contributed by atoms with Crippen LogP contribution in [0.3, 0.4) is 0 Å². The van der Waals surface area contributed by atoms with Crippen LogP contribution in [0.2, 0.25) is 5.02 Å². The Balaban J connectivity index is 1.43. The minimum absolute atomic E-state index is 0.265. The fourth-order valence-corrected chi connectivity index (χ4v) is 4.88. The lowest BCUT2D eigenvalue weighted by atomic mass is 10.1. The zero-order valence-electron chi connectivity index (χ0n) is 21.0. The number of hydrazone groups is 1. The van der Waals surface area contributed by atoms with Gasteiger partial charge in [0.15, 0.2) is 0 Å². The molecule has 0 fully saturated rings. The number of carbonyl (C=O) groups is 1. The first kappa shape index (κ1) is 24.4. The van der Waals surface area contributed by atoms with Gasteiger partial charge in [0.05, 0.1) is 17.6 Å². The van der Waals surface area contributed by atoms with E-state index in [1.807, 2.05) is 103 Å². The molecule has 1 amide bonds. The highest BCUT2D eigenvalue weighted by atomic mass is 35.5. The van der Waals surface area contributed by atoms with Gasteiger partial charge in [0, 0.05) is 21.8 Å². The number of fused-ring (bicyclic) bond motifs is 1. The summed E-state index contributed by atoms with van der Waals surface area (Å²) in [4.78, 5) is 12.9. The molecule has 0 aliphatic rings. The minimum atomic E-state index is -0.265. The lowest BCUT2D eigenvalue weighted by Gasteiger charge is -2.15. The van der Waals surface area contributed by atoms with Gasteiger partial charge < -0.3 is 4.57 Å². The number of nitrogens with one attached hydrogen (secondary N) is 1. The van der Waals surface area contributed by atoms with Crippen LogP contribution in [0.15, 0.2) is 139 Å². The van der Waals surface area contributed by atoms with Gasteiger partial charge >= 0.3 is 0 Å². The monoisotopic (exact) mass is 525 g/mol. The van der Waals surface area contributed by atoms with E-state index >= 15 is 0 Å². The molecule has 1 N–H and O–H groups in total. The Bertz CT molecular complexity index is 1790. The van der Waals surface area contributed by atoms with Gasteiger partial charge in [-0.25, -0.2) is 5.43 Å². The summed E-state index contributed by atoms with van der Waals surface area (Å²) in [5, 5.41) is 7.15. The number of carbonyl (C=O) groups excluding carboxylic acids is 1. The van der Waals surface area contributed by atoms with Crippen LogP contribution >= 0.6 is 11.6 Å². The van der Waals surface area contributed by atoms with Crippen LogP contribution in [0.4, 0.5) is 0 Å². The van der Waals surface area contributed by atoms with Gasteiger partial charge in [-0.3, -0.25) is 4.79 Å². The Morgan fingerprint density at radius 3 is 2.05 bits per heavy atom. The zero-order chi connectivity index (χ0) is 26.6. The molecule has 5 aromatic carbocycles. The van der Waals surface area contributed by atoms with Crippen molar-refractivity contribution in [2.24, 2.45) is 5.10 Å². The van der Waals surface area contributed by atoms with Crippen molar-refractivity contribution in [1.29, 1.82) is 0 Å². The van der Waals surface area contributed by atoms with Gasteiger partial charge in [-0.1, -0.05) is 103 Å². The van der Waals surface area contributed by atoms with Gasteiger partial charge in [-0.15, -0.1) is 0 Å². The molecule has 1 heterocycles. The summed E-state index contributed by atoms with van der Waals surface area (Å²) in [6.45, 7) is 0. The third-order valence-corrected chi connectivity index (χ3v) is 6.87. The number of hydrogen-bond donors (Lipinski definition) is 1. The van der Waals surface area contributed by atoms with E-state index in [1.165, 1.54) is 0 Å². The van der Waals surface area contributed by atoms with Crippen molar-refractivity contribution in [1.82, 2.24) is 9.99 Å².